The van der Waals surface area contributed by atoms with Crippen molar-refractivity contribution in [3.8, 4) is 11.5 Å². The van der Waals surface area contributed by atoms with Crippen molar-refractivity contribution in [3.63, 3.8) is 0 Å². The Morgan fingerprint density at radius 2 is 1.68 bits per heavy atom. The molecule has 0 fully saturated rings. The Labute approximate surface area is 122 Å². The molecule has 2 heterocycles. The summed E-state index contributed by atoms with van der Waals surface area (Å²) >= 11 is 0. The van der Waals surface area contributed by atoms with Crippen molar-refractivity contribution < 1.29 is 27.0 Å². The first kappa shape index (κ1) is 14.4. The minimum atomic E-state index is -1.71. The van der Waals surface area contributed by atoms with Crippen LogP contribution < -0.4 is 14.8 Å². The molecule has 8 heteroatoms. The van der Waals surface area contributed by atoms with Crippen molar-refractivity contribution >= 4 is 5.69 Å². The average molecular weight is 314 g/mol. The van der Waals surface area contributed by atoms with Crippen LogP contribution in [0, 0.1) is 23.5 Å². The third kappa shape index (κ3) is 2.51. The molecule has 0 atom stereocenters. The Balaban J connectivity index is 1.88. The molecular weight excluding hydrogens is 304 g/mol. The fraction of sp³-hybridized carbons (Fsp3) is 0.214. The molecular formula is C14H10F4N2O2. The van der Waals surface area contributed by atoms with E-state index in [0.29, 0.717) is 30.3 Å². The van der Waals surface area contributed by atoms with Gasteiger partial charge in [0.15, 0.2) is 11.5 Å². The highest BCUT2D eigenvalue weighted by Gasteiger charge is 2.21. The van der Waals surface area contributed by atoms with E-state index in [4.69, 9.17) is 9.47 Å². The van der Waals surface area contributed by atoms with E-state index in [0.717, 1.165) is 0 Å². The van der Waals surface area contributed by atoms with Gasteiger partial charge in [-0.2, -0.15) is 22.5 Å². The van der Waals surface area contributed by atoms with E-state index in [2.05, 4.69) is 10.3 Å². The van der Waals surface area contributed by atoms with Crippen LogP contribution >= 0.6 is 0 Å². The van der Waals surface area contributed by atoms with Crippen molar-refractivity contribution in [3.05, 3.63) is 47.3 Å². The molecule has 0 bridgehead atoms. The summed E-state index contributed by atoms with van der Waals surface area (Å²) in [4.78, 5) is 2.49. The van der Waals surface area contributed by atoms with Crippen LogP contribution in [-0.4, -0.2) is 18.2 Å². The van der Waals surface area contributed by atoms with E-state index in [1.54, 1.807) is 18.2 Å². The van der Waals surface area contributed by atoms with Crippen LogP contribution in [0.15, 0.2) is 18.2 Å². The van der Waals surface area contributed by atoms with Crippen molar-refractivity contribution in [1.29, 1.82) is 0 Å². The number of fused-ring (bicyclic) bond motifs is 1. The number of aromatic nitrogens is 1. The molecule has 3 rings (SSSR count). The van der Waals surface area contributed by atoms with E-state index in [-0.39, 0.29) is 6.54 Å². The van der Waals surface area contributed by atoms with Gasteiger partial charge in [0.2, 0.25) is 11.6 Å². The van der Waals surface area contributed by atoms with Gasteiger partial charge in [-0.25, -0.2) is 0 Å². The van der Waals surface area contributed by atoms with Gasteiger partial charge in [-0.1, -0.05) is 12.1 Å². The summed E-state index contributed by atoms with van der Waals surface area (Å²) in [6, 6.07) is 5.00. The zero-order valence-electron chi connectivity index (χ0n) is 11.1. The predicted octanol–water partition coefficient (Wildman–Crippen LogP) is 3.02. The van der Waals surface area contributed by atoms with E-state index < -0.39 is 29.2 Å². The highest BCUT2D eigenvalue weighted by molar-refractivity contribution is 5.51. The summed E-state index contributed by atoms with van der Waals surface area (Å²) in [5.74, 6) is -5.66. The summed E-state index contributed by atoms with van der Waals surface area (Å²) in [5.41, 5.74) is -0.382. The number of rotatable bonds is 3. The fourth-order valence-electron chi connectivity index (χ4n) is 2.10. The second kappa shape index (κ2) is 5.70. The normalized spacial score (nSPS) is 13.1. The van der Waals surface area contributed by atoms with Crippen molar-refractivity contribution in [2.75, 3.05) is 18.5 Å². The van der Waals surface area contributed by atoms with E-state index in [1.807, 2.05) is 0 Å². The number of hydrogen-bond donors (Lipinski definition) is 1. The standard InChI is InChI=1S/C14H10F4N2O2/c15-9-11(10(16)14(18)20-13(9)17)19-6-7-2-1-3-8-12(7)22-5-4-21-8/h1-3H,4-6H2,(H,19,20). The van der Waals surface area contributed by atoms with Gasteiger partial charge in [-0.3, -0.25) is 0 Å². The van der Waals surface area contributed by atoms with E-state index >= 15 is 0 Å². The molecule has 0 saturated carbocycles. The highest BCUT2D eigenvalue weighted by atomic mass is 19.2. The maximum absolute atomic E-state index is 13.5. The summed E-state index contributed by atoms with van der Waals surface area (Å²) in [6.45, 7) is 0.627. The summed E-state index contributed by atoms with van der Waals surface area (Å²) in [7, 11) is 0. The van der Waals surface area contributed by atoms with Crippen molar-refractivity contribution in [1.82, 2.24) is 4.98 Å². The number of anilines is 1. The monoisotopic (exact) mass is 314 g/mol. The van der Waals surface area contributed by atoms with Gasteiger partial charge < -0.3 is 14.8 Å². The quantitative estimate of drug-likeness (QED) is 0.698. The molecule has 0 amide bonds. The summed E-state index contributed by atoms with van der Waals surface area (Å²) in [6.07, 6.45) is 0. The molecule has 4 nitrogen and oxygen atoms in total. The van der Waals surface area contributed by atoms with Gasteiger partial charge in [0.1, 0.15) is 18.9 Å². The van der Waals surface area contributed by atoms with Crippen LogP contribution in [0.1, 0.15) is 5.56 Å². The Kier molecular flexibility index (Phi) is 3.74. The van der Waals surface area contributed by atoms with Crippen molar-refractivity contribution in [2.45, 2.75) is 6.54 Å². The summed E-state index contributed by atoms with van der Waals surface area (Å²) < 4.78 is 63.9. The number of nitrogens with one attached hydrogen (secondary N) is 1. The van der Waals surface area contributed by atoms with Gasteiger partial charge in [-0.05, 0) is 6.07 Å². The molecule has 1 aliphatic rings. The molecule has 0 aliphatic carbocycles. The third-order valence-electron chi connectivity index (χ3n) is 3.10. The third-order valence-corrected chi connectivity index (χ3v) is 3.10. The Morgan fingerprint density at radius 3 is 2.41 bits per heavy atom. The number of nitrogens with zero attached hydrogens (tertiary/aromatic N) is 1. The molecule has 1 aliphatic heterocycles. The number of benzene rings is 1. The van der Waals surface area contributed by atoms with Gasteiger partial charge in [-0.15, -0.1) is 0 Å². The lowest BCUT2D eigenvalue weighted by Crippen LogP contribution is -2.17. The first-order valence-electron chi connectivity index (χ1n) is 6.39. The Bertz CT molecular complexity index is 698. The van der Waals surface area contributed by atoms with Gasteiger partial charge in [0, 0.05) is 12.1 Å². The lowest BCUT2D eigenvalue weighted by atomic mass is 10.1. The lowest BCUT2D eigenvalue weighted by molar-refractivity contribution is 0.170. The molecule has 2 aromatic rings. The first-order chi connectivity index (χ1) is 10.6. The molecule has 0 spiro atoms. The number of halogens is 4. The molecule has 1 N–H and O–H groups in total. The van der Waals surface area contributed by atoms with Crippen LogP contribution in [0.25, 0.3) is 0 Å². The smallest absolute Gasteiger partial charge is 0.253 e. The minimum Gasteiger partial charge on any atom is -0.486 e. The SMILES string of the molecule is Fc1nc(F)c(F)c(NCc2cccc3c2OCCO3)c1F. The fourth-order valence-corrected chi connectivity index (χ4v) is 2.10. The maximum atomic E-state index is 13.5. The molecule has 22 heavy (non-hydrogen) atoms. The van der Waals surface area contributed by atoms with Crippen molar-refractivity contribution in [2.24, 2.45) is 0 Å². The maximum Gasteiger partial charge on any atom is 0.253 e. The van der Waals surface area contributed by atoms with Crippen LogP contribution in [0.2, 0.25) is 0 Å². The van der Waals surface area contributed by atoms with Crippen LogP contribution in [0.4, 0.5) is 23.2 Å². The Hall–Kier alpha value is -2.51. The molecule has 0 radical (unpaired) electrons. The second-order valence-electron chi connectivity index (χ2n) is 4.49. The van der Waals surface area contributed by atoms with Crippen LogP contribution in [0.3, 0.4) is 0 Å². The minimum absolute atomic E-state index is 0.108. The summed E-state index contributed by atoms with van der Waals surface area (Å²) in [5, 5.41) is 2.32. The van der Waals surface area contributed by atoms with E-state index in [1.165, 1.54) is 0 Å². The van der Waals surface area contributed by atoms with Gasteiger partial charge in [0.25, 0.3) is 11.9 Å². The number of hydrogen-bond acceptors (Lipinski definition) is 4. The molecule has 116 valence electrons. The lowest BCUT2D eigenvalue weighted by Gasteiger charge is -2.21. The molecule has 0 unspecified atom stereocenters. The van der Waals surface area contributed by atoms with Crippen LogP contribution in [0.5, 0.6) is 11.5 Å². The first-order valence-corrected chi connectivity index (χ1v) is 6.39. The molecule has 0 saturated heterocycles. The van der Waals surface area contributed by atoms with Crippen LogP contribution in [-0.2, 0) is 6.54 Å². The van der Waals surface area contributed by atoms with Gasteiger partial charge in [0.05, 0.1) is 0 Å². The zero-order valence-corrected chi connectivity index (χ0v) is 11.1. The zero-order chi connectivity index (χ0) is 15.7. The number of pyridine rings is 1. The Morgan fingerprint density at radius 1 is 1.00 bits per heavy atom. The predicted molar refractivity (Wildman–Crippen MR) is 68.8 cm³/mol. The topological polar surface area (TPSA) is 43.4 Å². The van der Waals surface area contributed by atoms with E-state index in [9.17, 15) is 17.6 Å². The molecule has 1 aromatic carbocycles. The van der Waals surface area contributed by atoms with Gasteiger partial charge >= 0.3 is 0 Å². The molecule has 1 aromatic heterocycles. The average Bonchev–Trinajstić information content (AvgIpc) is 2.53. The highest BCUT2D eigenvalue weighted by Crippen LogP contribution is 2.34. The number of para-hydroxylation sites is 1. The number of ether oxygens (including phenoxy) is 2. The largest absolute Gasteiger partial charge is 0.486 e. The second-order valence-corrected chi connectivity index (χ2v) is 4.49.